The van der Waals surface area contributed by atoms with Crippen LogP contribution in [0.5, 0.6) is 0 Å². The van der Waals surface area contributed by atoms with Gasteiger partial charge in [-0.2, -0.15) is 39.5 Å². The average Bonchev–Trinajstić information content (AvgIpc) is 2.82. The van der Waals surface area contributed by atoms with Crippen molar-refractivity contribution in [3.8, 4) is 0 Å². The third kappa shape index (κ3) is 4.90. The van der Waals surface area contributed by atoms with Gasteiger partial charge in [0.05, 0.1) is 19.6 Å². The van der Waals surface area contributed by atoms with Crippen LogP contribution in [-0.4, -0.2) is 55.9 Å². The first-order valence-corrected chi connectivity index (χ1v) is 8.22. The van der Waals surface area contributed by atoms with E-state index in [1.165, 1.54) is 26.1 Å². The van der Waals surface area contributed by atoms with Crippen molar-refractivity contribution >= 4 is 10.1 Å². The minimum atomic E-state index is -7.43. The summed E-state index contributed by atoms with van der Waals surface area (Å²) in [5.41, 5.74) is 0. The Bertz CT molecular complexity index is 547. The van der Waals surface area contributed by atoms with Gasteiger partial charge in [-0.15, -0.1) is 0 Å². The highest BCUT2D eigenvalue weighted by Crippen LogP contribution is 2.54. The van der Waals surface area contributed by atoms with Crippen LogP contribution in [0.4, 0.5) is 39.5 Å². The molecule has 25 heavy (non-hydrogen) atoms. The molecule has 0 radical (unpaired) electrons. The summed E-state index contributed by atoms with van der Waals surface area (Å²) < 4.78 is 135. The highest BCUT2D eigenvalue weighted by atomic mass is 32.2. The van der Waals surface area contributed by atoms with E-state index < -0.39 is 33.4 Å². The largest absolute Gasteiger partial charge is 0.743 e. The van der Waals surface area contributed by atoms with Gasteiger partial charge in [-0.25, -0.2) is 8.42 Å². The van der Waals surface area contributed by atoms with Crippen molar-refractivity contribution in [2.75, 3.05) is 19.6 Å². The standard InChI is InChI=1S/C7H15N.C4HF9O3S/c1-3-8-5-4-7(2)6-8;5-1(6,3(9,10)11)2(7,8)4(12,13)17(14,15)16/h7H,3-6H2,1-2H3;(H,14,15,16). The molecule has 1 fully saturated rings. The molecule has 0 aromatic carbocycles. The average molecular weight is 413 g/mol. The lowest BCUT2D eigenvalue weighted by molar-refractivity contribution is -0.886. The monoisotopic (exact) mass is 413 g/mol. The van der Waals surface area contributed by atoms with Crippen LogP contribution in [0.2, 0.25) is 0 Å². The normalized spacial score (nSPS) is 23.2. The van der Waals surface area contributed by atoms with E-state index in [0.717, 1.165) is 5.92 Å². The number of halogens is 9. The Morgan fingerprint density at radius 2 is 1.44 bits per heavy atom. The number of alkyl halides is 9. The van der Waals surface area contributed by atoms with E-state index in [1.807, 2.05) is 0 Å². The van der Waals surface area contributed by atoms with Crippen molar-refractivity contribution in [3.63, 3.8) is 0 Å². The molecule has 0 aliphatic carbocycles. The van der Waals surface area contributed by atoms with Crippen LogP contribution in [0, 0.1) is 5.92 Å². The van der Waals surface area contributed by atoms with Crippen molar-refractivity contribution in [1.29, 1.82) is 0 Å². The van der Waals surface area contributed by atoms with E-state index in [4.69, 9.17) is 0 Å². The summed E-state index contributed by atoms with van der Waals surface area (Å²) >= 11 is 0. The molecule has 1 rings (SSSR count). The zero-order chi connectivity index (χ0) is 20.5. The fourth-order valence-corrected chi connectivity index (χ4v) is 2.43. The summed E-state index contributed by atoms with van der Waals surface area (Å²) in [4.78, 5) is 1.79. The molecule has 2 unspecified atom stereocenters. The SMILES string of the molecule is CC[NH+]1CCC(C)C1.O=S(=O)([O-])C(F)(F)C(F)(F)C(F)(F)C(F)(F)F. The molecule has 1 saturated heterocycles. The summed E-state index contributed by atoms with van der Waals surface area (Å²) in [5, 5.41) is -7.11. The Labute approximate surface area is 137 Å². The van der Waals surface area contributed by atoms with Gasteiger partial charge >= 0.3 is 23.3 Å². The first-order valence-electron chi connectivity index (χ1n) is 6.82. The Balaban J connectivity index is 0.000000593. The van der Waals surface area contributed by atoms with E-state index >= 15 is 0 Å². The molecule has 1 heterocycles. The fourth-order valence-electron chi connectivity index (χ4n) is 1.99. The molecule has 152 valence electrons. The van der Waals surface area contributed by atoms with Gasteiger partial charge in [0.15, 0.2) is 10.1 Å². The van der Waals surface area contributed by atoms with Gasteiger partial charge in [-0.3, -0.25) is 0 Å². The number of rotatable bonds is 4. The molecule has 14 heteroatoms. The van der Waals surface area contributed by atoms with Crippen molar-refractivity contribution in [2.45, 2.75) is 43.5 Å². The summed E-state index contributed by atoms with van der Waals surface area (Å²) in [7, 11) is -7.42. The minimum absolute atomic E-state index is 0.991. The van der Waals surface area contributed by atoms with Gasteiger partial charge in [-0.05, 0) is 6.92 Å². The van der Waals surface area contributed by atoms with E-state index in [2.05, 4.69) is 13.8 Å². The van der Waals surface area contributed by atoms with E-state index in [-0.39, 0.29) is 0 Å². The second-order valence-corrected chi connectivity index (χ2v) is 6.99. The van der Waals surface area contributed by atoms with Crippen LogP contribution >= 0.6 is 0 Å². The zero-order valence-electron chi connectivity index (χ0n) is 12.9. The first-order chi connectivity index (χ1) is 10.8. The number of likely N-dealkylation sites (tertiary alicyclic amines) is 1. The smallest absolute Gasteiger partial charge is 0.460 e. The van der Waals surface area contributed by atoms with E-state index in [9.17, 15) is 52.5 Å². The number of hydrogen-bond acceptors (Lipinski definition) is 3. The maximum atomic E-state index is 12.2. The van der Waals surface area contributed by atoms with E-state index in [1.54, 1.807) is 4.90 Å². The van der Waals surface area contributed by atoms with Crippen molar-refractivity contribution in [3.05, 3.63) is 0 Å². The Kier molecular flexibility index (Phi) is 7.24. The molecule has 0 aromatic heterocycles. The molecular weight excluding hydrogens is 397 g/mol. The first kappa shape index (κ1) is 24.2. The van der Waals surface area contributed by atoms with Gasteiger partial charge in [0.1, 0.15) is 0 Å². The minimum Gasteiger partial charge on any atom is -0.743 e. The lowest BCUT2D eigenvalue weighted by atomic mass is 10.1. The van der Waals surface area contributed by atoms with Gasteiger partial charge in [0, 0.05) is 12.3 Å². The molecule has 0 saturated carbocycles. The molecule has 0 aromatic rings. The van der Waals surface area contributed by atoms with Gasteiger partial charge in [0.2, 0.25) is 0 Å². The Morgan fingerprint density at radius 3 is 1.64 bits per heavy atom. The van der Waals surface area contributed by atoms with Crippen molar-refractivity contribution < 1.29 is 57.4 Å². The lowest BCUT2D eigenvalue weighted by Gasteiger charge is -2.34. The molecule has 4 nitrogen and oxygen atoms in total. The molecule has 0 bridgehead atoms. The van der Waals surface area contributed by atoms with Crippen LogP contribution < -0.4 is 4.90 Å². The van der Waals surface area contributed by atoms with Gasteiger partial charge in [0.25, 0.3) is 0 Å². The molecular formula is C11H16F9NO3S. The van der Waals surface area contributed by atoms with Crippen LogP contribution in [0.3, 0.4) is 0 Å². The summed E-state index contributed by atoms with van der Waals surface area (Å²) in [6, 6.07) is 0. The summed E-state index contributed by atoms with van der Waals surface area (Å²) in [6.07, 6.45) is -5.71. The second kappa shape index (κ2) is 7.47. The van der Waals surface area contributed by atoms with Crippen LogP contribution in [0.15, 0.2) is 0 Å². The maximum Gasteiger partial charge on any atom is 0.460 e. The third-order valence-electron chi connectivity index (χ3n) is 3.56. The van der Waals surface area contributed by atoms with Crippen molar-refractivity contribution in [2.24, 2.45) is 5.92 Å². The van der Waals surface area contributed by atoms with Gasteiger partial charge < -0.3 is 9.45 Å². The summed E-state index contributed by atoms with van der Waals surface area (Å²) in [5.74, 6) is -13.8. The maximum absolute atomic E-state index is 12.2. The van der Waals surface area contributed by atoms with E-state index in [0.29, 0.717) is 0 Å². The highest BCUT2D eigenvalue weighted by Gasteiger charge is 2.83. The van der Waals surface area contributed by atoms with Crippen LogP contribution in [-0.2, 0) is 10.1 Å². The predicted molar refractivity (Wildman–Crippen MR) is 65.6 cm³/mol. The van der Waals surface area contributed by atoms with Crippen molar-refractivity contribution in [1.82, 2.24) is 0 Å². The molecule has 2 atom stereocenters. The molecule has 0 spiro atoms. The Morgan fingerprint density at radius 1 is 1.00 bits per heavy atom. The topological polar surface area (TPSA) is 61.6 Å². The van der Waals surface area contributed by atoms with Gasteiger partial charge in [-0.1, -0.05) is 6.92 Å². The Hall–Kier alpha value is -0.760. The molecule has 0 amide bonds. The molecule has 1 N–H and O–H groups in total. The summed E-state index contributed by atoms with van der Waals surface area (Å²) in [6.45, 7) is 8.77. The fraction of sp³-hybridized carbons (Fsp3) is 1.00. The zero-order valence-corrected chi connectivity index (χ0v) is 13.8. The molecule has 1 aliphatic rings. The number of quaternary nitrogens is 1. The molecule has 1 aliphatic heterocycles. The number of hydrogen-bond donors (Lipinski definition) is 1. The third-order valence-corrected chi connectivity index (χ3v) is 4.44. The second-order valence-electron chi connectivity index (χ2n) is 5.57. The lowest BCUT2D eigenvalue weighted by Crippen LogP contribution is -3.09. The quantitative estimate of drug-likeness (QED) is 0.566. The highest BCUT2D eigenvalue weighted by molar-refractivity contribution is 7.86. The van der Waals surface area contributed by atoms with Crippen LogP contribution in [0.25, 0.3) is 0 Å². The van der Waals surface area contributed by atoms with Crippen LogP contribution in [0.1, 0.15) is 20.3 Å². The predicted octanol–water partition coefficient (Wildman–Crippen LogP) is 1.89. The number of nitrogens with one attached hydrogen (secondary N) is 1.